The van der Waals surface area contributed by atoms with Crippen molar-refractivity contribution in [2.24, 2.45) is 0 Å². The van der Waals surface area contributed by atoms with Gasteiger partial charge in [0.2, 0.25) is 12.7 Å². The molecule has 0 bridgehead atoms. The van der Waals surface area contributed by atoms with Gasteiger partial charge >= 0.3 is 5.69 Å². The molecule has 9 heteroatoms. The molecule has 3 heterocycles. The third-order valence-corrected chi connectivity index (χ3v) is 5.13. The largest absolute Gasteiger partial charge is 0.454 e. The number of ether oxygens (including phenoxy) is 2. The number of carbonyl (C=O) groups excluding carboxylic acids is 1. The van der Waals surface area contributed by atoms with Crippen LogP contribution in [0.1, 0.15) is 5.56 Å². The van der Waals surface area contributed by atoms with E-state index in [1.807, 2.05) is 36.4 Å². The topological polar surface area (TPSA) is 118 Å². The molecule has 0 unspecified atom stereocenters. The minimum absolute atomic E-state index is 0.171. The molecule has 2 aromatic heterocycles. The van der Waals surface area contributed by atoms with Crippen LogP contribution in [0.3, 0.4) is 0 Å². The van der Waals surface area contributed by atoms with E-state index < -0.39 is 23.7 Å². The van der Waals surface area contributed by atoms with Crippen molar-refractivity contribution in [1.29, 1.82) is 0 Å². The predicted molar refractivity (Wildman–Crippen MR) is 113 cm³/mol. The van der Waals surface area contributed by atoms with E-state index in [1.165, 1.54) is 0 Å². The standard InChI is InChI=1S/C22H18N4O5/c27-18(23-9-13-6-7-16-17(8-13)31-12-30-16)11-26-21(28)20-19(25-22(26)29)15(10-24-20)14-4-2-1-3-5-14/h1-8,10,24H,9,11-12H2,(H,23,27)(H,25,29). The third-order valence-electron chi connectivity index (χ3n) is 5.13. The van der Waals surface area contributed by atoms with Crippen molar-refractivity contribution >= 4 is 16.9 Å². The molecule has 5 rings (SSSR count). The molecule has 31 heavy (non-hydrogen) atoms. The summed E-state index contributed by atoms with van der Waals surface area (Å²) in [6.45, 7) is 0.00340. The number of nitrogens with zero attached hydrogens (tertiary/aromatic N) is 1. The zero-order chi connectivity index (χ0) is 21.4. The van der Waals surface area contributed by atoms with Crippen LogP contribution in [0.4, 0.5) is 0 Å². The minimum Gasteiger partial charge on any atom is -0.454 e. The highest BCUT2D eigenvalue weighted by atomic mass is 16.7. The molecule has 9 nitrogen and oxygen atoms in total. The number of nitrogens with one attached hydrogen (secondary N) is 3. The molecule has 4 aromatic rings. The van der Waals surface area contributed by atoms with Gasteiger partial charge in [0.25, 0.3) is 5.56 Å². The van der Waals surface area contributed by atoms with Crippen molar-refractivity contribution in [2.45, 2.75) is 13.1 Å². The maximum absolute atomic E-state index is 12.8. The maximum atomic E-state index is 12.8. The van der Waals surface area contributed by atoms with Gasteiger partial charge < -0.3 is 24.8 Å². The third kappa shape index (κ3) is 3.46. The molecule has 0 saturated heterocycles. The number of amides is 1. The van der Waals surface area contributed by atoms with Crippen molar-refractivity contribution in [3.63, 3.8) is 0 Å². The van der Waals surface area contributed by atoms with Gasteiger partial charge in [-0.3, -0.25) is 9.59 Å². The molecule has 3 N–H and O–H groups in total. The van der Waals surface area contributed by atoms with Gasteiger partial charge in [-0.1, -0.05) is 36.4 Å². The number of fused-ring (bicyclic) bond motifs is 2. The Kier molecular flexibility index (Phi) is 4.55. The Morgan fingerprint density at radius 3 is 2.68 bits per heavy atom. The predicted octanol–water partition coefficient (Wildman–Crippen LogP) is 1.73. The highest BCUT2D eigenvalue weighted by molar-refractivity contribution is 5.91. The Morgan fingerprint density at radius 2 is 1.84 bits per heavy atom. The summed E-state index contributed by atoms with van der Waals surface area (Å²) in [5, 5.41) is 2.71. The lowest BCUT2D eigenvalue weighted by Crippen LogP contribution is -2.40. The number of H-pyrrole nitrogens is 2. The summed E-state index contributed by atoms with van der Waals surface area (Å²) >= 11 is 0. The second-order valence-electron chi connectivity index (χ2n) is 7.10. The van der Waals surface area contributed by atoms with Gasteiger partial charge in [0, 0.05) is 18.3 Å². The summed E-state index contributed by atoms with van der Waals surface area (Å²) in [6.07, 6.45) is 1.67. The van der Waals surface area contributed by atoms with Gasteiger partial charge in [-0.25, -0.2) is 9.36 Å². The highest BCUT2D eigenvalue weighted by Gasteiger charge is 2.16. The van der Waals surface area contributed by atoms with Gasteiger partial charge in [0.05, 0.1) is 5.52 Å². The lowest BCUT2D eigenvalue weighted by Gasteiger charge is -2.08. The Bertz CT molecular complexity index is 1400. The van der Waals surface area contributed by atoms with Crippen molar-refractivity contribution in [3.05, 3.63) is 81.1 Å². The zero-order valence-electron chi connectivity index (χ0n) is 16.3. The average Bonchev–Trinajstić information content (AvgIpc) is 3.42. The summed E-state index contributed by atoms with van der Waals surface area (Å²) in [7, 11) is 0. The maximum Gasteiger partial charge on any atom is 0.329 e. The van der Waals surface area contributed by atoms with Crippen LogP contribution in [-0.2, 0) is 17.9 Å². The van der Waals surface area contributed by atoms with Gasteiger partial charge in [0.1, 0.15) is 12.1 Å². The SMILES string of the molecule is O=C(Cn1c(=O)[nH]c2c(-c3ccccc3)c[nH]c2c1=O)NCc1ccc2c(c1)OCO2. The molecule has 0 spiro atoms. The first-order valence-corrected chi connectivity index (χ1v) is 9.65. The van der Waals surface area contributed by atoms with E-state index in [1.54, 1.807) is 18.3 Å². The summed E-state index contributed by atoms with van der Waals surface area (Å²) in [5.74, 6) is 0.813. The smallest absolute Gasteiger partial charge is 0.329 e. The van der Waals surface area contributed by atoms with E-state index in [0.29, 0.717) is 22.6 Å². The number of hydrogen-bond donors (Lipinski definition) is 3. The van der Waals surface area contributed by atoms with Crippen LogP contribution < -0.4 is 26.0 Å². The van der Waals surface area contributed by atoms with Crippen LogP contribution >= 0.6 is 0 Å². The lowest BCUT2D eigenvalue weighted by atomic mass is 10.1. The molecule has 0 fully saturated rings. The van der Waals surface area contributed by atoms with Crippen molar-refractivity contribution < 1.29 is 14.3 Å². The fraction of sp³-hybridized carbons (Fsp3) is 0.136. The molecule has 1 aliphatic rings. The van der Waals surface area contributed by atoms with Gasteiger partial charge in [-0.2, -0.15) is 0 Å². The first kappa shape index (κ1) is 18.7. The Morgan fingerprint density at radius 1 is 1.03 bits per heavy atom. The van der Waals surface area contributed by atoms with E-state index >= 15 is 0 Å². The van der Waals surface area contributed by atoms with E-state index in [9.17, 15) is 14.4 Å². The second kappa shape index (κ2) is 7.52. The molecule has 1 amide bonds. The fourth-order valence-electron chi connectivity index (χ4n) is 3.56. The van der Waals surface area contributed by atoms with Crippen LogP contribution in [0.15, 0.2) is 64.3 Å². The van der Waals surface area contributed by atoms with Crippen LogP contribution in [0.25, 0.3) is 22.2 Å². The van der Waals surface area contributed by atoms with E-state index in [-0.39, 0.29) is 18.9 Å². The molecule has 156 valence electrons. The number of carbonyl (C=O) groups is 1. The normalized spacial score (nSPS) is 12.3. The average molecular weight is 418 g/mol. The Hall–Kier alpha value is -4.27. The molecule has 2 aromatic carbocycles. The highest BCUT2D eigenvalue weighted by Crippen LogP contribution is 2.32. The van der Waals surface area contributed by atoms with E-state index in [2.05, 4.69) is 15.3 Å². The van der Waals surface area contributed by atoms with Crippen LogP contribution in [0.2, 0.25) is 0 Å². The monoisotopic (exact) mass is 418 g/mol. The van der Waals surface area contributed by atoms with Gasteiger partial charge in [-0.05, 0) is 23.3 Å². The Labute approximate surface area is 175 Å². The molecule has 0 radical (unpaired) electrons. The van der Waals surface area contributed by atoms with Gasteiger partial charge in [0.15, 0.2) is 11.5 Å². The van der Waals surface area contributed by atoms with Crippen molar-refractivity contribution in [1.82, 2.24) is 19.9 Å². The summed E-state index contributed by atoms with van der Waals surface area (Å²) in [5.41, 5.74) is 1.84. The van der Waals surface area contributed by atoms with E-state index in [4.69, 9.17) is 9.47 Å². The van der Waals surface area contributed by atoms with Crippen molar-refractivity contribution in [2.75, 3.05) is 6.79 Å². The van der Waals surface area contributed by atoms with E-state index in [0.717, 1.165) is 15.7 Å². The number of benzene rings is 2. The molecular formula is C22H18N4O5. The lowest BCUT2D eigenvalue weighted by molar-refractivity contribution is -0.121. The Balaban J connectivity index is 1.36. The number of aromatic nitrogens is 3. The zero-order valence-corrected chi connectivity index (χ0v) is 16.3. The molecule has 0 saturated carbocycles. The summed E-state index contributed by atoms with van der Waals surface area (Å²) < 4.78 is 11.5. The first-order valence-electron chi connectivity index (χ1n) is 9.65. The minimum atomic E-state index is -0.646. The molecule has 0 aliphatic carbocycles. The van der Waals surface area contributed by atoms with Gasteiger partial charge in [-0.15, -0.1) is 0 Å². The summed E-state index contributed by atoms with van der Waals surface area (Å²) in [6, 6.07) is 14.8. The number of rotatable bonds is 5. The first-order chi connectivity index (χ1) is 15.1. The number of hydrogen-bond acceptors (Lipinski definition) is 5. The number of aromatic amines is 2. The van der Waals surface area contributed by atoms with Crippen LogP contribution in [0.5, 0.6) is 11.5 Å². The second-order valence-corrected chi connectivity index (χ2v) is 7.10. The van der Waals surface area contributed by atoms with Crippen LogP contribution in [-0.4, -0.2) is 27.2 Å². The molecule has 1 aliphatic heterocycles. The summed E-state index contributed by atoms with van der Waals surface area (Å²) in [4.78, 5) is 43.4. The molecule has 0 atom stereocenters. The quantitative estimate of drug-likeness (QED) is 0.456. The molecular weight excluding hydrogens is 400 g/mol. The fourth-order valence-corrected chi connectivity index (χ4v) is 3.56. The van der Waals surface area contributed by atoms with Crippen molar-refractivity contribution in [3.8, 4) is 22.6 Å². The van der Waals surface area contributed by atoms with Crippen LogP contribution in [0, 0.1) is 0 Å².